The minimum atomic E-state index is -0.397. The van der Waals surface area contributed by atoms with E-state index < -0.39 is 5.91 Å². The monoisotopic (exact) mass is 444 g/mol. The minimum absolute atomic E-state index is 0.271. The zero-order chi connectivity index (χ0) is 23.2. The topological polar surface area (TPSA) is 49.4 Å². The molecule has 0 unspecified atom stereocenters. The lowest BCUT2D eigenvalue weighted by Crippen LogP contribution is -2.32. The van der Waals surface area contributed by atoms with Crippen LogP contribution in [0.3, 0.4) is 0 Å². The van der Waals surface area contributed by atoms with Crippen LogP contribution in [0.2, 0.25) is 5.02 Å². The quantitative estimate of drug-likeness (QED) is 0.482. The van der Waals surface area contributed by atoms with Crippen molar-refractivity contribution in [2.45, 2.75) is 34.6 Å². The molecule has 0 aromatic heterocycles. The first-order valence-corrected chi connectivity index (χ1v) is 10.9. The van der Waals surface area contributed by atoms with Gasteiger partial charge in [0.15, 0.2) is 0 Å². The van der Waals surface area contributed by atoms with Crippen molar-refractivity contribution < 1.29 is 9.59 Å². The molecule has 4 rings (SSSR count). The summed E-state index contributed by atoms with van der Waals surface area (Å²) in [6, 6.07) is 17.0. The third-order valence-corrected chi connectivity index (χ3v) is 6.42. The molecule has 32 heavy (non-hydrogen) atoms. The number of aryl methyl sites for hydroxylation is 4. The van der Waals surface area contributed by atoms with Gasteiger partial charge in [-0.2, -0.15) is 0 Å². The highest BCUT2D eigenvalue weighted by Gasteiger charge is 2.41. The second kappa shape index (κ2) is 8.29. The van der Waals surface area contributed by atoms with Crippen molar-refractivity contribution in [2.75, 3.05) is 10.2 Å². The normalized spacial score (nSPS) is 13.9. The van der Waals surface area contributed by atoms with Gasteiger partial charge in [-0.15, -0.1) is 0 Å². The number of anilines is 2. The molecule has 0 fully saturated rings. The molecule has 0 radical (unpaired) electrons. The molecule has 4 nitrogen and oxygen atoms in total. The third-order valence-electron chi connectivity index (χ3n) is 6.01. The number of carbonyl (C=O) groups is 2. The van der Waals surface area contributed by atoms with Gasteiger partial charge in [-0.25, -0.2) is 4.90 Å². The lowest BCUT2D eigenvalue weighted by atomic mass is 9.97. The van der Waals surface area contributed by atoms with E-state index in [1.807, 2.05) is 77.1 Å². The molecule has 0 saturated carbocycles. The molecular weight excluding hydrogens is 420 g/mol. The van der Waals surface area contributed by atoms with Crippen molar-refractivity contribution in [2.24, 2.45) is 0 Å². The van der Waals surface area contributed by atoms with Crippen molar-refractivity contribution >= 4 is 40.4 Å². The van der Waals surface area contributed by atoms with Crippen LogP contribution in [0.5, 0.6) is 0 Å². The van der Waals surface area contributed by atoms with E-state index in [1.54, 1.807) is 12.1 Å². The van der Waals surface area contributed by atoms with Crippen LogP contribution in [0.25, 0.3) is 5.57 Å². The molecule has 0 spiro atoms. The Hall–Kier alpha value is -3.37. The first kappa shape index (κ1) is 21.8. The van der Waals surface area contributed by atoms with Crippen molar-refractivity contribution in [3.05, 3.63) is 98.7 Å². The summed E-state index contributed by atoms with van der Waals surface area (Å²) >= 11 is 6.31. The van der Waals surface area contributed by atoms with Gasteiger partial charge in [0.1, 0.15) is 5.70 Å². The van der Waals surface area contributed by atoms with E-state index in [2.05, 4.69) is 5.32 Å². The summed E-state index contributed by atoms with van der Waals surface area (Å²) in [5.74, 6) is -0.763. The summed E-state index contributed by atoms with van der Waals surface area (Å²) in [7, 11) is 0. The fourth-order valence-electron chi connectivity index (χ4n) is 3.97. The Labute approximate surface area is 193 Å². The zero-order valence-corrected chi connectivity index (χ0v) is 19.6. The second-order valence-electron chi connectivity index (χ2n) is 8.32. The molecule has 1 aliphatic heterocycles. The van der Waals surface area contributed by atoms with Crippen molar-refractivity contribution in [1.29, 1.82) is 0 Å². The van der Waals surface area contributed by atoms with Crippen molar-refractivity contribution in [1.82, 2.24) is 0 Å². The number of imide groups is 1. The molecular formula is C27H25ClN2O2. The lowest BCUT2D eigenvalue weighted by Gasteiger charge is -2.17. The van der Waals surface area contributed by atoms with Crippen molar-refractivity contribution in [3.8, 4) is 0 Å². The molecule has 2 amide bonds. The second-order valence-corrected chi connectivity index (χ2v) is 8.73. The molecule has 1 N–H and O–H groups in total. The van der Waals surface area contributed by atoms with Crippen LogP contribution >= 0.6 is 11.6 Å². The van der Waals surface area contributed by atoms with Gasteiger partial charge in [0, 0.05) is 10.7 Å². The van der Waals surface area contributed by atoms with Gasteiger partial charge < -0.3 is 5.32 Å². The Morgan fingerprint density at radius 2 is 1.53 bits per heavy atom. The minimum Gasteiger partial charge on any atom is -0.350 e. The molecule has 0 saturated heterocycles. The number of carbonyl (C=O) groups excluding carboxylic acids is 2. The molecule has 3 aromatic rings. The standard InChI is InChI=1S/C27H25ClN2O2/c1-15-9-12-21(18(4)13-15)24-25(29-23-8-6-7-16(2)19(23)5)27(32)30(26(24)31)20-11-10-17(3)22(28)14-20/h6-14,29H,1-5H3. The first-order valence-electron chi connectivity index (χ1n) is 10.5. The first-order chi connectivity index (χ1) is 15.2. The number of halogens is 1. The van der Waals surface area contributed by atoms with E-state index in [4.69, 9.17) is 11.6 Å². The average Bonchev–Trinajstić information content (AvgIpc) is 2.97. The van der Waals surface area contributed by atoms with Crippen molar-refractivity contribution in [3.63, 3.8) is 0 Å². The van der Waals surface area contributed by atoms with Crippen LogP contribution < -0.4 is 10.2 Å². The molecule has 0 bridgehead atoms. The number of benzene rings is 3. The summed E-state index contributed by atoms with van der Waals surface area (Å²) in [4.78, 5) is 28.5. The molecule has 162 valence electrons. The van der Waals surface area contributed by atoms with Crippen LogP contribution in [-0.2, 0) is 9.59 Å². The van der Waals surface area contributed by atoms with Gasteiger partial charge in [-0.05, 0) is 80.6 Å². The highest BCUT2D eigenvalue weighted by atomic mass is 35.5. The van der Waals surface area contributed by atoms with Crippen LogP contribution in [0.15, 0.2) is 60.3 Å². The Balaban J connectivity index is 1.89. The number of hydrogen-bond acceptors (Lipinski definition) is 3. The molecule has 5 heteroatoms. The highest BCUT2D eigenvalue weighted by Crippen LogP contribution is 2.37. The summed E-state index contributed by atoms with van der Waals surface area (Å²) in [5, 5.41) is 3.79. The lowest BCUT2D eigenvalue weighted by molar-refractivity contribution is -0.120. The zero-order valence-electron chi connectivity index (χ0n) is 18.8. The average molecular weight is 445 g/mol. The summed E-state index contributed by atoms with van der Waals surface area (Å²) < 4.78 is 0. The Morgan fingerprint density at radius 1 is 0.781 bits per heavy atom. The smallest absolute Gasteiger partial charge is 0.282 e. The summed E-state index contributed by atoms with van der Waals surface area (Å²) in [5.41, 5.74) is 7.66. The fraction of sp³-hybridized carbons (Fsp3) is 0.185. The van der Waals surface area contributed by atoms with E-state index in [0.29, 0.717) is 16.3 Å². The molecule has 0 aliphatic carbocycles. The van der Waals surface area contributed by atoms with Crippen LogP contribution in [-0.4, -0.2) is 11.8 Å². The van der Waals surface area contributed by atoms with Gasteiger partial charge in [-0.3, -0.25) is 9.59 Å². The maximum atomic E-state index is 13.7. The Bertz CT molecular complexity index is 1310. The third kappa shape index (κ3) is 3.71. The van der Waals surface area contributed by atoms with E-state index in [9.17, 15) is 9.59 Å². The van der Waals surface area contributed by atoms with Crippen LogP contribution in [0.4, 0.5) is 11.4 Å². The van der Waals surface area contributed by atoms with Gasteiger partial charge in [0.25, 0.3) is 11.8 Å². The van der Waals surface area contributed by atoms with Gasteiger partial charge in [-0.1, -0.05) is 53.6 Å². The maximum Gasteiger partial charge on any atom is 0.282 e. The van der Waals surface area contributed by atoms with Gasteiger partial charge >= 0.3 is 0 Å². The molecule has 1 aliphatic rings. The van der Waals surface area contributed by atoms with E-state index in [-0.39, 0.29) is 11.6 Å². The molecule has 3 aromatic carbocycles. The number of amides is 2. The predicted octanol–water partition coefficient (Wildman–Crippen LogP) is 6.28. The maximum absolute atomic E-state index is 13.7. The number of rotatable bonds is 4. The van der Waals surface area contributed by atoms with Crippen LogP contribution in [0, 0.1) is 34.6 Å². The summed E-state index contributed by atoms with van der Waals surface area (Å²) in [6.45, 7) is 9.85. The number of nitrogens with one attached hydrogen (secondary N) is 1. The fourth-order valence-corrected chi connectivity index (χ4v) is 4.14. The van der Waals surface area contributed by atoms with Crippen LogP contribution in [0.1, 0.15) is 33.4 Å². The summed E-state index contributed by atoms with van der Waals surface area (Å²) in [6.07, 6.45) is 0. The van der Waals surface area contributed by atoms with E-state index in [0.717, 1.165) is 39.1 Å². The Kier molecular flexibility index (Phi) is 5.66. The van der Waals surface area contributed by atoms with Gasteiger partial charge in [0.2, 0.25) is 0 Å². The highest BCUT2D eigenvalue weighted by molar-refractivity contribution is 6.46. The Morgan fingerprint density at radius 3 is 2.22 bits per heavy atom. The van der Waals surface area contributed by atoms with E-state index in [1.165, 1.54) is 4.90 Å². The van der Waals surface area contributed by atoms with E-state index >= 15 is 0 Å². The largest absolute Gasteiger partial charge is 0.350 e. The SMILES string of the molecule is Cc1ccc(C2=C(Nc3cccc(C)c3C)C(=O)N(c3ccc(C)c(Cl)c3)C2=O)c(C)c1. The number of nitrogens with zero attached hydrogens (tertiary/aromatic N) is 1. The molecule has 1 heterocycles. The predicted molar refractivity (Wildman–Crippen MR) is 131 cm³/mol. The van der Waals surface area contributed by atoms with Gasteiger partial charge in [0.05, 0.1) is 11.3 Å². The number of hydrogen-bond donors (Lipinski definition) is 1. The molecule has 0 atom stereocenters.